The number of amides is 1. The van der Waals surface area contributed by atoms with E-state index < -0.39 is 11.9 Å². The number of hydrogen-bond acceptors (Lipinski definition) is 4. The van der Waals surface area contributed by atoms with E-state index in [1.165, 1.54) is 0 Å². The molecule has 1 heterocycles. The second-order valence-corrected chi connectivity index (χ2v) is 7.05. The first-order chi connectivity index (χ1) is 14.6. The number of aliphatic hydroxyl groups is 1. The zero-order valence-corrected chi connectivity index (χ0v) is 16.9. The molecule has 5 nitrogen and oxygen atoms in total. The van der Waals surface area contributed by atoms with Crippen molar-refractivity contribution in [2.24, 2.45) is 0 Å². The van der Waals surface area contributed by atoms with Gasteiger partial charge in [0.25, 0.3) is 5.91 Å². The number of aliphatic hydroxyl groups excluding tert-OH is 1. The molecule has 0 saturated carbocycles. The van der Waals surface area contributed by atoms with Gasteiger partial charge in [-0.05, 0) is 29.3 Å². The third-order valence-electron chi connectivity index (χ3n) is 5.35. The fourth-order valence-corrected chi connectivity index (χ4v) is 3.88. The predicted octanol–water partition coefficient (Wildman–Crippen LogP) is 4.76. The first-order valence-corrected chi connectivity index (χ1v) is 9.69. The summed E-state index contributed by atoms with van der Waals surface area (Å²) in [6.45, 7) is 0.312. The number of nitrogens with zero attached hydrogens (tertiary/aromatic N) is 1. The highest BCUT2D eigenvalue weighted by atomic mass is 16.5. The molecule has 0 spiro atoms. The monoisotopic (exact) mass is 401 g/mol. The summed E-state index contributed by atoms with van der Waals surface area (Å²) in [7, 11) is 3.21. The number of rotatable bonds is 6. The second kappa shape index (κ2) is 8.33. The number of methoxy groups -OCH3 is 2. The number of hydrogen-bond donors (Lipinski definition) is 1. The Kier molecular flexibility index (Phi) is 5.44. The van der Waals surface area contributed by atoms with Crippen molar-refractivity contribution in [3.05, 3.63) is 101 Å². The van der Waals surface area contributed by atoms with Gasteiger partial charge in [-0.2, -0.15) is 0 Å². The Balaban J connectivity index is 1.80. The van der Waals surface area contributed by atoms with Gasteiger partial charge in [-0.15, -0.1) is 0 Å². The van der Waals surface area contributed by atoms with Gasteiger partial charge in [0.15, 0.2) is 5.76 Å². The SMILES string of the molecule is COc1ccc(C2=C(O)C(=O)N(Cc3ccccc3OC)C2c2ccccc2)cc1. The largest absolute Gasteiger partial charge is 0.503 e. The van der Waals surface area contributed by atoms with Crippen LogP contribution in [0.2, 0.25) is 0 Å². The van der Waals surface area contributed by atoms with E-state index in [-0.39, 0.29) is 5.76 Å². The summed E-state index contributed by atoms with van der Waals surface area (Å²) in [4.78, 5) is 14.8. The third-order valence-corrected chi connectivity index (χ3v) is 5.35. The number of para-hydroxylation sites is 1. The second-order valence-electron chi connectivity index (χ2n) is 7.05. The molecule has 4 rings (SSSR count). The summed E-state index contributed by atoms with van der Waals surface area (Å²) in [5, 5.41) is 10.9. The van der Waals surface area contributed by atoms with Crippen molar-refractivity contribution in [1.29, 1.82) is 0 Å². The third kappa shape index (κ3) is 3.50. The smallest absolute Gasteiger partial charge is 0.290 e. The molecule has 152 valence electrons. The normalized spacial score (nSPS) is 16.1. The molecule has 3 aromatic carbocycles. The van der Waals surface area contributed by atoms with Gasteiger partial charge in [0, 0.05) is 11.1 Å². The van der Waals surface area contributed by atoms with Gasteiger partial charge in [-0.1, -0.05) is 60.7 Å². The molecule has 0 radical (unpaired) electrons. The molecule has 0 fully saturated rings. The van der Waals surface area contributed by atoms with Gasteiger partial charge in [0.2, 0.25) is 0 Å². The first-order valence-electron chi connectivity index (χ1n) is 9.69. The number of ether oxygens (including phenoxy) is 2. The van der Waals surface area contributed by atoms with Crippen LogP contribution in [0.4, 0.5) is 0 Å². The van der Waals surface area contributed by atoms with Crippen molar-refractivity contribution in [3.63, 3.8) is 0 Å². The molecule has 1 atom stereocenters. The highest BCUT2D eigenvalue weighted by Crippen LogP contribution is 2.44. The highest BCUT2D eigenvalue weighted by Gasteiger charge is 2.41. The number of benzene rings is 3. The Morgan fingerprint density at radius 2 is 1.53 bits per heavy atom. The minimum atomic E-state index is -0.419. The van der Waals surface area contributed by atoms with Crippen LogP contribution in [0.1, 0.15) is 22.7 Å². The van der Waals surface area contributed by atoms with E-state index in [0.29, 0.717) is 23.6 Å². The molecule has 1 aliphatic heterocycles. The maximum Gasteiger partial charge on any atom is 0.290 e. The maximum atomic E-state index is 13.2. The zero-order chi connectivity index (χ0) is 21.1. The van der Waals surface area contributed by atoms with Gasteiger partial charge < -0.3 is 19.5 Å². The Morgan fingerprint density at radius 3 is 2.20 bits per heavy atom. The van der Waals surface area contributed by atoms with E-state index in [4.69, 9.17) is 9.47 Å². The van der Waals surface area contributed by atoms with E-state index in [1.54, 1.807) is 19.1 Å². The average molecular weight is 401 g/mol. The molecule has 0 bridgehead atoms. The highest BCUT2D eigenvalue weighted by molar-refractivity contribution is 6.05. The van der Waals surface area contributed by atoms with Crippen LogP contribution in [0.15, 0.2) is 84.6 Å². The average Bonchev–Trinajstić information content (AvgIpc) is 3.05. The lowest BCUT2D eigenvalue weighted by molar-refractivity contribution is -0.130. The van der Waals surface area contributed by atoms with Crippen molar-refractivity contribution >= 4 is 11.5 Å². The number of carbonyl (C=O) groups is 1. The molecule has 0 aliphatic carbocycles. The van der Waals surface area contributed by atoms with Crippen molar-refractivity contribution in [1.82, 2.24) is 4.90 Å². The molecule has 3 aromatic rings. The van der Waals surface area contributed by atoms with Crippen LogP contribution in [0, 0.1) is 0 Å². The van der Waals surface area contributed by atoms with Crippen LogP contribution < -0.4 is 9.47 Å². The van der Waals surface area contributed by atoms with Crippen molar-refractivity contribution in [3.8, 4) is 11.5 Å². The molecule has 1 unspecified atom stereocenters. The Bertz CT molecular complexity index is 1070. The zero-order valence-electron chi connectivity index (χ0n) is 16.9. The quantitative estimate of drug-likeness (QED) is 0.647. The van der Waals surface area contributed by atoms with Crippen LogP contribution in [0.3, 0.4) is 0 Å². The predicted molar refractivity (Wildman–Crippen MR) is 115 cm³/mol. The Morgan fingerprint density at radius 1 is 0.867 bits per heavy atom. The minimum absolute atomic E-state index is 0.232. The van der Waals surface area contributed by atoms with Gasteiger partial charge in [-0.25, -0.2) is 0 Å². The van der Waals surface area contributed by atoms with Crippen molar-refractivity contribution in [2.75, 3.05) is 14.2 Å². The fourth-order valence-electron chi connectivity index (χ4n) is 3.88. The summed E-state index contributed by atoms with van der Waals surface area (Å²) in [5.74, 6) is 0.782. The van der Waals surface area contributed by atoms with Crippen LogP contribution in [-0.4, -0.2) is 30.1 Å². The lowest BCUT2D eigenvalue weighted by atomic mass is 9.93. The molecular weight excluding hydrogens is 378 g/mol. The Hall–Kier alpha value is -3.73. The lowest BCUT2D eigenvalue weighted by Crippen LogP contribution is -2.30. The molecular formula is C25H23NO4. The van der Waals surface area contributed by atoms with Crippen molar-refractivity contribution < 1.29 is 19.4 Å². The molecule has 0 aromatic heterocycles. The van der Waals surface area contributed by atoms with E-state index in [1.807, 2.05) is 78.9 Å². The molecule has 5 heteroatoms. The Labute approximate surface area is 175 Å². The summed E-state index contributed by atoms with van der Waals surface area (Å²) in [6, 6.07) is 24.3. The van der Waals surface area contributed by atoms with Gasteiger partial charge >= 0.3 is 0 Å². The first kappa shape index (κ1) is 19.6. The summed E-state index contributed by atoms with van der Waals surface area (Å²) in [6.07, 6.45) is 0. The van der Waals surface area contributed by atoms with Crippen LogP contribution in [-0.2, 0) is 11.3 Å². The van der Waals surface area contributed by atoms with Crippen LogP contribution in [0.5, 0.6) is 11.5 Å². The van der Waals surface area contributed by atoms with E-state index in [0.717, 1.165) is 16.7 Å². The standard InChI is InChI=1S/C25H23NO4/c1-29-20-14-12-17(13-15-20)22-23(18-8-4-3-5-9-18)26(25(28)24(22)27)16-19-10-6-7-11-21(19)30-2/h3-15,23,27H,16H2,1-2H3. The molecule has 30 heavy (non-hydrogen) atoms. The van der Waals surface area contributed by atoms with Crippen LogP contribution >= 0.6 is 0 Å². The summed E-state index contributed by atoms with van der Waals surface area (Å²) < 4.78 is 10.7. The van der Waals surface area contributed by atoms with Gasteiger partial charge in [0.05, 0.1) is 26.8 Å². The summed E-state index contributed by atoms with van der Waals surface area (Å²) in [5.41, 5.74) is 3.16. The fraction of sp³-hybridized carbons (Fsp3) is 0.160. The maximum absolute atomic E-state index is 13.2. The lowest BCUT2D eigenvalue weighted by Gasteiger charge is -2.28. The molecule has 1 aliphatic rings. The van der Waals surface area contributed by atoms with Crippen molar-refractivity contribution in [2.45, 2.75) is 12.6 Å². The topological polar surface area (TPSA) is 59.0 Å². The van der Waals surface area contributed by atoms with E-state index in [9.17, 15) is 9.90 Å². The van der Waals surface area contributed by atoms with Crippen LogP contribution in [0.25, 0.3) is 5.57 Å². The molecule has 1 amide bonds. The van der Waals surface area contributed by atoms with Gasteiger partial charge in [-0.3, -0.25) is 4.79 Å². The molecule has 1 N–H and O–H groups in total. The summed E-state index contributed by atoms with van der Waals surface area (Å²) >= 11 is 0. The van der Waals surface area contributed by atoms with E-state index in [2.05, 4.69) is 0 Å². The molecule has 0 saturated heterocycles. The van der Waals surface area contributed by atoms with Gasteiger partial charge in [0.1, 0.15) is 11.5 Å². The minimum Gasteiger partial charge on any atom is -0.503 e. The number of carbonyl (C=O) groups excluding carboxylic acids is 1. The van der Waals surface area contributed by atoms with E-state index >= 15 is 0 Å².